The van der Waals surface area contributed by atoms with E-state index in [0.29, 0.717) is 29.9 Å². The van der Waals surface area contributed by atoms with Gasteiger partial charge < -0.3 is 15.5 Å². The average Bonchev–Trinajstić information content (AvgIpc) is 3.35. The normalized spacial score (nSPS) is 20.2. The van der Waals surface area contributed by atoms with Gasteiger partial charge in [0.05, 0.1) is 11.4 Å². The summed E-state index contributed by atoms with van der Waals surface area (Å²) in [5.41, 5.74) is 0.440. The van der Waals surface area contributed by atoms with Gasteiger partial charge in [0.1, 0.15) is 12.1 Å². The van der Waals surface area contributed by atoms with E-state index in [1.54, 1.807) is 36.1 Å². The Morgan fingerprint density at radius 3 is 2.50 bits per heavy atom. The van der Waals surface area contributed by atoms with E-state index in [0.717, 1.165) is 22.1 Å². The topological polar surface area (TPSA) is 98.8 Å². The van der Waals surface area contributed by atoms with E-state index in [1.165, 1.54) is 0 Å². The maximum Gasteiger partial charge on any atom is 0.325 e. The van der Waals surface area contributed by atoms with Gasteiger partial charge in [-0.25, -0.2) is 4.79 Å². The van der Waals surface area contributed by atoms with E-state index >= 15 is 0 Å². The molecule has 2 fully saturated rings. The molecule has 2 N–H and O–H groups in total. The SMILES string of the molecule is CC1(c2ccc3ccccc3c2)NC(=O)N(CC(=O)Nc2ccccc2N2CCCC2=O)C1=O. The van der Waals surface area contributed by atoms with Crippen LogP contribution in [0.4, 0.5) is 16.2 Å². The summed E-state index contributed by atoms with van der Waals surface area (Å²) in [6, 6.07) is 19.7. The lowest BCUT2D eigenvalue weighted by Gasteiger charge is -2.23. The van der Waals surface area contributed by atoms with E-state index in [2.05, 4.69) is 10.6 Å². The number of hydrogen-bond donors (Lipinski definition) is 2. The molecular weight excluding hydrogens is 432 g/mol. The van der Waals surface area contributed by atoms with Crippen molar-refractivity contribution in [2.45, 2.75) is 25.3 Å². The standard InChI is InChI=1S/C26H24N4O4/c1-26(19-13-12-17-7-2-3-8-18(17)15-19)24(33)30(25(34)28-26)16-22(31)27-20-9-4-5-10-21(20)29-14-6-11-23(29)32/h2-5,7-10,12-13,15H,6,11,14,16H2,1H3,(H,27,31)(H,28,34). The number of anilines is 2. The molecule has 2 aliphatic rings. The van der Waals surface area contributed by atoms with Crippen molar-refractivity contribution in [2.75, 3.05) is 23.3 Å². The van der Waals surface area contributed by atoms with Gasteiger partial charge in [0.25, 0.3) is 5.91 Å². The smallest absolute Gasteiger partial charge is 0.323 e. The molecule has 0 radical (unpaired) electrons. The number of rotatable bonds is 5. The summed E-state index contributed by atoms with van der Waals surface area (Å²) in [5.74, 6) is -1.02. The second-order valence-corrected chi connectivity index (χ2v) is 8.72. The Hall–Kier alpha value is -4.20. The number of amides is 5. The molecule has 0 spiro atoms. The van der Waals surface area contributed by atoms with Crippen LogP contribution in [0, 0.1) is 0 Å². The third-order valence-corrected chi connectivity index (χ3v) is 6.45. The molecule has 8 heteroatoms. The number of nitrogens with one attached hydrogen (secondary N) is 2. The first kappa shape index (κ1) is 21.6. The van der Waals surface area contributed by atoms with Crippen LogP contribution in [0.1, 0.15) is 25.3 Å². The number of carbonyl (C=O) groups excluding carboxylic acids is 4. The number of fused-ring (bicyclic) bond motifs is 1. The monoisotopic (exact) mass is 456 g/mol. The molecule has 3 aromatic carbocycles. The summed E-state index contributed by atoms with van der Waals surface area (Å²) >= 11 is 0. The summed E-state index contributed by atoms with van der Waals surface area (Å²) < 4.78 is 0. The lowest BCUT2D eigenvalue weighted by atomic mass is 9.90. The van der Waals surface area contributed by atoms with E-state index in [4.69, 9.17) is 0 Å². The van der Waals surface area contributed by atoms with Gasteiger partial charge >= 0.3 is 6.03 Å². The largest absolute Gasteiger partial charge is 0.325 e. The van der Waals surface area contributed by atoms with Crippen LogP contribution in [-0.2, 0) is 19.9 Å². The molecule has 34 heavy (non-hydrogen) atoms. The highest BCUT2D eigenvalue weighted by Gasteiger charge is 2.49. The van der Waals surface area contributed by atoms with Crippen LogP contribution >= 0.6 is 0 Å². The Kier molecular flexibility index (Phi) is 5.28. The maximum atomic E-state index is 13.3. The summed E-state index contributed by atoms with van der Waals surface area (Å²) in [6.07, 6.45) is 1.23. The van der Waals surface area contributed by atoms with Crippen LogP contribution in [0.25, 0.3) is 10.8 Å². The van der Waals surface area contributed by atoms with Crippen molar-refractivity contribution in [3.63, 3.8) is 0 Å². The molecule has 8 nitrogen and oxygen atoms in total. The van der Waals surface area contributed by atoms with Crippen molar-refractivity contribution in [3.8, 4) is 0 Å². The fourth-order valence-electron chi connectivity index (χ4n) is 4.59. The summed E-state index contributed by atoms with van der Waals surface area (Å²) in [4.78, 5) is 53.6. The molecule has 3 aromatic rings. The van der Waals surface area contributed by atoms with Crippen LogP contribution in [0.5, 0.6) is 0 Å². The summed E-state index contributed by atoms with van der Waals surface area (Å²) in [5, 5.41) is 7.48. The van der Waals surface area contributed by atoms with Gasteiger partial charge in [0, 0.05) is 13.0 Å². The second kappa shape index (κ2) is 8.30. The first-order valence-electron chi connectivity index (χ1n) is 11.2. The number of urea groups is 1. The Morgan fingerprint density at radius 2 is 1.74 bits per heavy atom. The number of para-hydroxylation sites is 2. The molecule has 2 saturated heterocycles. The van der Waals surface area contributed by atoms with Crippen molar-refractivity contribution in [2.24, 2.45) is 0 Å². The quantitative estimate of drug-likeness (QED) is 0.575. The molecule has 1 atom stereocenters. The van der Waals surface area contributed by atoms with E-state index in [1.807, 2.05) is 42.5 Å². The van der Waals surface area contributed by atoms with Crippen molar-refractivity contribution in [3.05, 3.63) is 72.3 Å². The van der Waals surface area contributed by atoms with Crippen molar-refractivity contribution >= 4 is 45.9 Å². The molecule has 0 aliphatic carbocycles. The molecule has 5 rings (SSSR count). The Labute approximate surface area is 196 Å². The number of carbonyl (C=O) groups is 4. The molecule has 0 saturated carbocycles. The lowest BCUT2D eigenvalue weighted by Crippen LogP contribution is -2.42. The van der Waals surface area contributed by atoms with Crippen molar-refractivity contribution in [1.29, 1.82) is 0 Å². The summed E-state index contributed by atoms with van der Waals surface area (Å²) in [7, 11) is 0. The molecule has 5 amide bonds. The molecule has 2 heterocycles. The number of imide groups is 1. The molecular formula is C26H24N4O4. The zero-order valence-electron chi connectivity index (χ0n) is 18.7. The fourth-order valence-corrected chi connectivity index (χ4v) is 4.59. The van der Waals surface area contributed by atoms with Crippen LogP contribution in [-0.4, -0.2) is 41.7 Å². The maximum absolute atomic E-state index is 13.3. The highest BCUT2D eigenvalue weighted by atomic mass is 16.2. The Balaban J connectivity index is 1.34. The minimum absolute atomic E-state index is 0.00180. The first-order valence-corrected chi connectivity index (χ1v) is 11.2. The van der Waals surface area contributed by atoms with Crippen LogP contribution in [0.2, 0.25) is 0 Å². The van der Waals surface area contributed by atoms with Gasteiger partial charge in [-0.05, 0) is 47.9 Å². The highest BCUT2D eigenvalue weighted by Crippen LogP contribution is 2.32. The molecule has 2 aliphatic heterocycles. The van der Waals surface area contributed by atoms with E-state index in [9.17, 15) is 19.2 Å². The number of hydrogen-bond acceptors (Lipinski definition) is 4. The predicted molar refractivity (Wildman–Crippen MR) is 128 cm³/mol. The lowest BCUT2D eigenvalue weighted by molar-refractivity contribution is -0.133. The van der Waals surface area contributed by atoms with Crippen molar-refractivity contribution < 1.29 is 19.2 Å². The van der Waals surface area contributed by atoms with E-state index in [-0.39, 0.29) is 5.91 Å². The van der Waals surface area contributed by atoms with E-state index < -0.39 is 29.9 Å². The number of benzene rings is 3. The van der Waals surface area contributed by atoms with Crippen LogP contribution in [0.3, 0.4) is 0 Å². The average molecular weight is 457 g/mol. The minimum atomic E-state index is -1.28. The van der Waals surface area contributed by atoms with Gasteiger partial charge in [-0.2, -0.15) is 0 Å². The van der Waals surface area contributed by atoms with Gasteiger partial charge in [-0.1, -0.05) is 48.5 Å². The third-order valence-electron chi connectivity index (χ3n) is 6.45. The third kappa shape index (κ3) is 3.67. The molecule has 172 valence electrons. The fraction of sp³-hybridized carbons (Fsp3) is 0.231. The summed E-state index contributed by atoms with van der Waals surface area (Å²) in [6.45, 7) is 1.79. The Morgan fingerprint density at radius 1 is 1.00 bits per heavy atom. The van der Waals surface area contributed by atoms with Crippen LogP contribution in [0.15, 0.2) is 66.7 Å². The van der Waals surface area contributed by atoms with Gasteiger partial charge in [-0.15, -0.1) is 0 Å². The minimum Gasteiger partial charge on any atom is -0.323 e. The second-order valence-electron chi connectivity index (χ2n) is 8.72. The van der Waals surface area contributed by atoms with Gasteiger partial charge in [0.15, 0.2) is 0 Å². The zero-order valence-corrected chi connectivity index (χ0v) is 18.7. The predicted octanol–water partition coefficient (Wildman–Crippen LogP) is 3.37. The van der Waals surface area contributed by atoms with Crippen LogP contribution < -0.4 is 15.5 Å². The number of nitrogens with zero attached hydrogens (tertiary/aromatic N) is 2. The molecule has 1 unspecified atom stereocenters. The van der Waals surface area contributed by atoms with Gasteiger partial charge in [0.2, 0.25) is 11.8 Å². The highest BCUT2D eigenvalue weighted by molar-refractivity contribution is 6.11. The first-order chi connectivity index (χ1) is 16.4. The zero-order chi connectivity index (χ0) is 23.9. The molecule has 0 aromatic heterocycles. The van der Waals surface area contributed by atoms with Gasteiger partial charge in [-0.3, -0.25) is 19.3 Å². The van der Waals surface area contributed by atoms with Crippen molar-refractivity contribution in [1.82, 2.24) is 10.2 Å². The molecule has 0 bridgehead atoms. The Bertz CT molecular complexity index is 1340.